The van der Waals surface area contributed by atoms with E-state index in [0.717, 1.165) is 44.5 Å². The Morgan fingerprint density at radius 1 is 1.29 bits per heavy atom. The highest BCUT2D eigenvalue weighted by Crippen LogP contribution is 2.51. The van der Waals surface area contributed by atoms with Crippen molar-refractivity contribution in [1.29, 1.82) is 0 Å². The van der Waals surface area contributed by atoms with Gasteiger partial charge in [-0.25, -0.2) is 0 Å². The van der Waals surface area contributed by atoms with E-state index >= 15 is 0 Å². The van der Waals surface area contributed by atoms with Crippen LogP contribution in [0.1, 0.15) is 30.7 Å². The number of halogens is 2. The van der Waals surface area contributed by atoms with E-state index in [9.17, 15) is 4.79 Å². The van der Waals surface area contributed by atoms with Gasteiger partial charge in [-0.15, -0.1) is 0 Å². The lowest BCUT2D eigenvalue weighted by atomic mass is 9.96. The molecule has 1 saturated carbocycles. The molecule has 114 valence electrons. The van der Waals surface area contributed by atoms with Gasteiger partial charge in [-0.2, -0.15) is 0 Å². The van der Waals surface area contributed by atoms with Crippen LogP contribution in [0.15, 0.2) is 18.2 Å². The maximum atomic E-state index is 12.6. The highest BCUT2D eigenvalue weighted by molar-refractivity contribution is 6.42. The predicted molar refractivity (Wildman–Crippen MR) is 85.7 cm³/mol. The average Bonchev–Trinajstić information content (AvgIpc) is 3.30. The highest BCUT2D eigenvalue weighted by atomic mass is 35.5. The van der Waals surface area contributed by atoms with Gasteiger partial charge in [0, 0.05) is 19.0 Å². The van der Waals surface area contributed by atoms with Gasteiger partial charge < -0.3 is 10.6 Å². The first-order chi connectivity index (χ1) is 10.1. The summed E-state index contributed by atoms with van der Waals surface area (Å²) < 4.78 is 0. The van der Waals surface area contributed by atoms with Gasteiger partial charge in [0.25, 0.3) is 0 Å². The quantitative estimate of drug-likeness (QED) is 0.926. The van der Waals surface area contributed by atoms with E-state index in [-0.39, 0.29) is 17.7 Å². The third-order valence-electron chi connectivity index (χ3n) is 4.75. The molecule has 3 rings (SSSR count). The van der Waals surface area contributed by atoms with Gasteiger partial charge >= 0.3 is 0 Å². The van der Waals surface area contributed by atoms with Crippen molar-refractivity contribution >= 4 is 29.1 Å². The fourth-order valence-electron chi connectivity index (χ4n) is 3.24. The average molecular weight is 327 g/mol. The molecule has 5 heteroatoms. The number of amides is 1. The predicted octanol–water partition coefficient (Wildman–Crippen LogP) is 3.29. The van der Waals surface area contributed by atoms with Crippen LogP contribution in [0.5, 0.6) is 0 Å². The number of rotatable bonds is 3. The summed E-state index contributed by atoms with van der Waals surface area (Å²) in [6, 6.07) is 5.66. The van der Waals surface area contributed by atoms with Crippen LogP contribution in [0.25, 0.3) is 0 Å². The largest absolute Gasteiger partial charge is 0.342 e. The lowest BCUT2D eigenvalue weighted by Crippen LogP contribution is -2.41. The minimum absolute atomic E-state index is 0.0791. The summed E-state index contributed by atoms with van der Waals surface area (Å²) in [5.74, 6) is 1.16. The third kappa shape index (κ3) is 3.05. The number of nitrogens with two attached hydrogens (primary N) is 1. The van der Waals surface area contributed by atoms with E-state index in [1.54, 1.807) is 6.07 Å². The van der Waals surface area contributed by atoms with Gasteiger partial charge in [-0.3, -0.25) is 4.79 Å². The molecule has 21 heavy (non-hydrogen) atoms. The Morgan fingerprint density at radius 2 is 2.00 bits per heavy atom. The minimum Gasteiger partial charge on any atom is -0.342 e. The number of hydrogen-bond acceptors (Lipinski definition) is 2. The summed E-state index contributed by atoms with van der Waals surface area (Å²) in [5, 5.41) is 1.16. The fourth-order valence-corrected chi connectivity index (χ4v) is 3.69. The second-order valence-electron chi connectivity index (χ2n) is 6.10. The van der Waals surface area contributed by atoms with Crippen molar-refractivity contribution in [3.63, 3.8) is 0 Å². The Balaban J connectivity index is 1.63. The SMILES string of the molecule is NCC1CCN(C(=O)[C@@H]2C[C@@H]2c2cccc(Cl)c2Cl)CC1. The Labute approximate surface area is 135 Å². The molecule has 2 N–H and O–H groups in total. The highest BCUT2D eigenvalue weighted by Gasteiger charge is 2.47. The van der Waals surface area contributed by atoms with Gasteiger partial charge in [-0.1, -0.05) is 35.3 Å². The Bertz CT molecular complexity index is 541. The summed E-state index contributed by atoms with van der Waals surface area (Å²) in [5.41, 5.74) is 6.71. The molecule has 1 aromatic carbocycles. The number of nitrogens with zero attached hydrogens (tertiary/aromatic N) is 1. The molecule has 1 amide bonds. The van der Waals surface area contributed by atoms with Crippen LogP contribution < -0.4 is 5.73 Å². The minimum atomic E-state index is 0.0791. The number of hydrogen-bond donors (Lipinski definition) is 1. The Kier molecular flexibility index (Phi) is 4.43. The lowest BCUT2D eigenvalue weighted by Gasteiger charge is -2.31. The summed E-state index contributed by atoms with van der Waals surface area (Å²) in [6.07, 6.45) is 2.94. The normalized spacial score (nSPS) is 26.0. The van der Waals surface area contributed by atoms with Crippen molar-refractivity contribution in [3.8, 4) is 0 Å². The zero-order valence-electron chi connectivity index (χ0n) is 11.9. The molecule has 2 aliphatic rings. The molecular formula is C16H20Cl2N2O. The Morgan fingerprint density at radius 3 is 2.67 bits per heavy atom. The number of carbonyl (C=O) groups excluding carboxylic acids is 1. The molecule has 1 saturated heterocycles. The first-order valence-electron chi connectivity index (χ1n) is 7.54. The first kappa shape index (κ1) is 15.1. The number of likely N-dealkylation sites (tertiary alicyclic amines) is 1. The van der Waals surface area contributed by atoms with Crippen molar-refractivity contribution in [2.24, 2.45) is 17.6 Å². The number of piperidine rings is 1. The molecule has 0 spiro atoms. The molecule has 1 aliphatic carbocycles. The molecule has 0 radical (unpaired) electrons. The van der Waals surface area contributed by atoms with Crippen molar-refractivity contribution in [1.82, 2.24) is 4.90 Å². The topological polar surface area (TPSA) is 46.3 Å². The van der Waals surface area contributed by atoms with Gasteiger partial charge in [0.05, 0.1) is 10.0 Å². The summed E-state index contributed by atoms with van der Waals surface area (Å²) >= 11 is 12.3. The van der Waals surface area contributed by atoms with Gasteiger partial charge in [0.1, 0.15) is 0 Å². The van der Waals surface area contributed by atoms with Crippen molar-refractivity contribution in [3.05, 3.63) is 33.8 Å². The van der Waals surface area contributed by atoms with Crippen LogP contribution in [-0.2, 0) is 4.79 Å². The monoisotopic (exact) mass is 326 g/mol. The molecule has 1 aliphatic heterocycles. The van der Waals surface area contributed by atoms with E-state index in [1.165, 1.54) is 0 Å². The molecule has 2 atom stereocenters. The maximum absolute atomic E-state index is 12.6. The van der Waals surface area contributed by atoms with Crippen LogP contribution in [0, 0.1) is 11.8 Å². The van der Waals surface area contributed by atoms with Gasteiger partial charge in [0.15, 0.2) is 0 Å². The maximum Gasteiger partial charge on any atom is 0.226 e. The molecule has 0 unspecified atom stereocenters. The molecule has 0 bridgehead atoms. The van der Waals surface area contributed by atoms with E-state index in [4.69, 9.17) is 28.9 Å². The molecule has 0 aromatic heterocycles. The van der Waals surface area contributed by atoms with E-state index in [0.29, 0.717) is 16.0 Å². The van der Waals surface area contributed by atoms with Crippen LogP contribution >= 0.6 is 23.2 Å². The number of carbonyl (C=O) groups is 1. The first-order valence-corrected chi connectivity index (χ1v) is 8.30. The second kappa shape index (κ2) is 6.15. The standard InChI is InChI=1S/C16H20Cl2N2O/c17-14-3-1-2-11(15(14)18)12-8-13(12)16(21)20-6-4-10(9-19)5-7-20/h1-3,10,12-13H,4-9,19H2/t12-,13-/m1/s1. The molecule has 1 heterocycles. The van der Waals surface area contributed by atoms with Crippen molar-refractivity contribution in [2.75, 3.05) is 19.6 Å². The summed E-state index contributed by atoms with van der Waals surface area (Å²) in [4.78, 5) is 14.5. The second-order valence-corrected chi connectivity index (χ2v) is 6.88. The molecule has 3 nitrogen and oxygen atoms in total. The number of benzene rings is 1. The van der Waals surface area contributed by atoms with E-state index in [1.807, 2.05) is 17.0 Å². The lowest BCUT2D eigenvalue weighted by molar-refractivity contribution is -0.134. The zero-order valence-corrected chi connectivity index (χ0v) is 13.4. The van der Waals surface area contributed by atoms with Gasteiger partial charge in [0.2, 0.25) is 5.91 Å². The van der Waals surface area contributed by atoms with Crippen LogP contribution in [-0.4, -0.2) is 30.4 Å². The molecule has 1 aromatic rings. The van der Waals surface area contributed by atoms with Gasteiger partial charge in [-0.05, 0) is 49.3 Å². The summed E-state index contributed by atoms with van der Waals surface area (Å²) in [7, 11) is 0. The zero-order chi connectivity index (χ0) is 15.0. The van der Waals surface area contributed by atoms with E-state index < -0.39 is 0 Å². The van der Waals surface area contributed by atoms with Crippen molar-refractivity contribution < 1.29 is 4.79 Å². The molecular weight excluding hydrogens is 307 g/mol. The third-order valence-corrected chi connectivity index (χ3v) is 5.58. The van der Waals surface area contributed by atoms with Crippen LogP contribution in [0.2, 0.25) is 10.0 Å². The Hall–Kier alpha value is -0.770. The molecule has 2 fully saturated rings. The van der Waals surface area contributed by atoms with E-state index in [2.05, 4.69) is 0 Å². The smallest absolute Gasteiger partial charge is 0.226 e. The van der Waals surface area contributed by atoms with Crippen molar-refractivity contribution in [2.45, 2.75) is 25.2 Å². The summed E-state index contributed by atoms with van der Waals surface area (Å²) in [6.45, 7) is 2.41. The van der Waals surface area contributed by atoms with Crippen LogP contribution in [0.4, 0.5) is 0 Å². The van der Waals surface area contributed by atoms with Crippen LogP contribution in [0.3, 0.4) is 0 Å². The fraction of sp³-hybridized carbons (Fsp3) is 0.562.